The van der Waals surface area contributed by atoms with Crippen LogP contribution in [0.3, 0.4) is 0 Å². The first-order valence-electron chi connectivity index (χ1n) is 5.78. The Bertz CT molecular complexity index is 543. The van der Waals surface area contributed by atoms with Crippen LogP contribution < -0.4 is 9.47 Å². The van der Waals surface area contributed by atoms with Gasteiger partial charge < -0.3 is 14.6 Å². The van der Waals surface area contributed by atoms with Gasteiger partial charge in [-0.2, -0.15) is 0 Å². The van der Waals surface area contributed by atoms with Crippen molar-refractivity contribution in [1.29, 1.82) is 0 Å². The zero-order valence-corrected chi connectivity index (χ0v) is 10.5. The van der Waals surface area contributed by atoms with E-state index >= 15 is 0 Å². The van der Waals surface area contributed by atoms with Crippen LogP contribution in [0.5, 0.6) is 17.2 Å². The second-order valence-electron chi connectivity index (χ2n) is 3.93. The van der Waals surface area contributed by atoms with Crippen LogP contribution in [0, 0.1) is 0 Å². The van der Waals surface area contributed by atoms with Crippen molar-refractivity contribution in [3.8, 4) is 17.2 Å². The van der Waals surface area contributed by atoms with E-state index in [1.54, 1.807) is 43.5 Å². The van der Waals surface area contributed by atoms with Gasteiger partial charge in [0.25, 0.3) is 0 Å². The third-order valence-electron chi connectivity index (χ3n) is 2.62. The largest absolute Gasteiger partial charge is 0.508 e. The summed E-state index contributed by atoms with van der Waals surface area (Å²) in [6, 6.07) is 13.1. The van der Waals surface area contributed by atoms with Gasteiger partial charge in [-0.05, 0) is 48.5 Å². The van der Waals surface area contributed by atoms with Crippen LogP contribution in [0.25, 0.3) is 0 Å². The molecule has 2 aromatic carbocycles. The van der Waals surface area contributed by atoms with Crippen LogP contribution in [0.1, 0.15) is 10.4 Å². The van der Waals surface area contributed by atoms with Crippen molar-refractivity contribution >= 4 is 5.78 Å². The van der Waals surface area contributed by atoms with Crippen molar-refractivity contribution < 1.29 is 19.4 Å². The standard InChI is InChI=1S/C15H14O4/c1-18-13-6-8-14(9-7-13)19-10-15(17)11-2-4-12(16)5-3-11/h2-9,16H,10H2,1H3. The van der Waals surface area contributed by atoms with Gasteiger partial charge in [-0.15, -0.1) is 0 Å². The minimum atomic E-state index is -0.143. The van der Waals surface area contributed by atoms with Crippen molar-refractivity contribution in [3.63, 3.8) is 0 Å². The van der Waals surface area contributed by atoms with Crippen molar-refractivity contribution in [2.45, 2.75) is 0 Å². The maximum Gasteiger partial charge on any atom is 0.200 e. The lowest BCUT2D eigenvalue weighted by molar-refractivity contribution is 0.0921. The number of aromatic hydroxyl groups is 1. The molecule has 0 unspecified atom stereocenters. The zero-order chi connectivity index (χ0) is 13.7. The number of benzene rings is 2. The summed E-state index contributed by atoms with van der Waals surface area (Å²) in [6.45, 7) is -0.0445. The molecule has 19 heavy (non-hydrogen) atoms. The maximum absolute atomic E-state index is 11.8. The third kappa shape index (κ3) is 3.48. The molecule has 4 nitrogen and oxygen atoms in total. The molecule has 0 radical (unpaired) electrons. The molecule has 1 N–H and O–H groups in total. The molecule has 0 saturated carbocycles. The fraction of sp³-hybridized carbons (Fsp3) is 0.133. The molecular weight excluding hydrogens is 244 g/mol. The van der Waals surface area contributed by atoms with Crippen LogP contribution in [-0.4, -0.2) is 24.6 Å². The summed E-state index contributed by atoms with van der Waals surface area (Å²) in [5.74, 6) is 1.33. The van der Waals surface area contributed by atoms with Gasteiger partial charge in [0.05, 0.1) is 7.11 Å². The molecule has 0 amide bonds. The lowest BCUT2D eigenvalue weighted by Crippen LogP contribution is -2.11. The predicted molar refractivity (Wildman–Crippen MR) is 70.9 cm³/mol. The average Bonchev–Trinajstić information content (AvgIpc) is 2.46. The Kier molecular flexibility index (Phi) is 4.03. The first kappa shape index (κ1) is 13.0. The van der Waals surface area contributed by atoms with Gasteiger partial charge >= 0.3 is 0 Å². The van der Waals surface area contributed by atoms with E-state index in [0.717, 1.165) is 5.75 Å². The second kappa shape index (κ2) is 5.91. The summed E-state index contributed by atoms with van der Waals surface area (Å²) in [7, 11) is 1.59. The highest BCUT2D eigenvalue weighted by molar-refractivity contribution is 5.97. The predicted octanol–water partition coefficient (Wildman–Crippen LogP) is 2.66. The van der Waals surface area contributed by atoms with Gasteiger partial charge in [0.2, 0.25) is 0 Å². The topological polar surface area (TPSA) is 55.8 Å². The first-order valence-corrected chi connectivity index (χ1v) is 5.78. The van der Waals surface area contributed by atoms with Crippen LogP contribution in [0.4, 0.5) is 0 Å². The normalized spacial score (nSPS) is 9.95. The van der Waals surface area contributed by atoms with Crippen molar-refractivity contribution in [2.24, 2.45) is 0 Å². The molecule has 0 aliphatic carbocycles. The fourth-order valence-electron chi connectivity index (χ4n) is 1.55. The molecule has 0 aromatic heterocycles. The number of ether oxygens (including phenoxy) is 2. The summed E-state index contributed by atoms with van der Waals surface area (Å²) in [6.07, 6.45) is 0. The molecule has 98 valence electrons. The number of rotatable bonds is 5. The molecule has 0 bridgehead atoms. The van der Waals surface area contributed by atoms with E-state index in [0.29, 0.717) is 11.3 Å². The molecule has 0 saturated heterocycles. The summed E-state index contributed by atoms with van der Waals surface area (Å²) in [5, 5.41) is 9.14. The van der Waals surface area contributed by atoms with E-state index in [2.05, 4.69) is 0 Å². The Morgan fingerprint density at radius 3 is 2.16 bits per heavy atom. The fourth-order valence-corrected chi connectivity index (χ4v) is 1.55. The van der Waals surface area contributed by atoms with E-state index in [1.165, 1.54) is 12.1 Å². The number of methoxy groups -OCH3 is 1. The van der Waals surface area contributed by atoms with Gasteiger partial charge in [0.15, 0.2) is 12.4 Å². The van der Waals surface area contributed by atoms with E-state index in [1.807, 2.05) is 0 Å². The lowest BCUT2D eigenvalue weighted by atomic mass is 10.1. The van der Waals surface area contributed by atoms with E-state index in [9.17, 15) is 4.79 Å². The maximum atomic E-state index is 11.8. The first-order chi connectivity index (χ1) is 9.19. The number of ketones is 1. The summed E-state index contributed by atoms with van der Waals surface area (Å²) < 4.78 is 10.4. The van der Waals surface area contributed by atoms with Crippen LogP contribution in [-0.2, 0) is 0 Å². The Labute approximate surface area is 111 Å². The summed E-state index contributed by atoms with van der Waals surface area (Å²) in [4.78, 5) is 11.8. The van der Waals surface area contributed by atoms with Crippen LogP contribution in [0.2, 0.25) is 0 Å². The monoisotopic (exact) mass is 258 g/mol. The molecule has 0 heterocycles. The van der Waals surface area contributed by atoms with Crippen LogP contribution in [0.15, 0.2) is 48.5 Å². The molecule has 0 fully saturated rings. The Morgan fingerprint density at radius 1 is 1.00 bits per heavy atom. The summed E-state index contributed by atoms with van der Waals surface area (Å²) in [5.41, 5.74) is 0.506. The van der Waals surface area contributed by atoms with E-state index in [4.69, 9.17) is 14.6 Å². The Hall–Kier alpha value is -2.49. The van der Waals surface area contributed by atoms with Gasteiger partial charge in [-0.1, -0.05) is 0 Å². The summed E-state index contributed by atoms with van der Waals surface area (Å²) >= 11 is 0. The van der Waals surface area contributed by atoms with Gasteiger partial charge in [-0.25, -0.2) is 0 Å². The number of hydrogen-bond acceptors (Lipinski definition) is 4. The minimum absolute atomic E-state index is 0.0445. The van der Waals surface area contributed by atoms with Gasteiger partial charge in [0.1, 0.15) is 17.2 Å². The number of hydrogen-bond donors (Lipinski definition) is 1. The molecule has 2 rings (SSSR count). The smallest absolute Gasteiger partial charge is 0.200 e. The van der Waals surface area contributed by atoms with Crippen molar-refractivity contribution in [3.05, 3.63) is 54.1 Å². The second-order valence-corrected chi connectivity index (χ2v) is 3.93. The molecular formula is C15H14O4. The van der Waals surface area contributed by atoms with E-state index < -0.39 is 0 Å². The molecule has 4 heteroatoms. The highest BCUT2D eigenvalue weighted by Gasteiger charge is 2.06. The number of carbonyl (C=O) groups excluding carboxylic acids is 1. The molecule has 2 aromatic rings. The zero-order valence-electron chi connectivity index (χ0n) is 10.5. The number of phenolic OH excluding ortho intramolecular Hbond substituents is 1. The van der Waals surface area contributed by atoms with Crippen molar-refractivity contribution in [1.82, 2.24) is 0 Å². The number of carbonyl (C=O) groups is 1. The molecule has 0 atom stereocenters. The molecule has 0 aliphatic rings. The lowest BCUT2D eigenvalue weighted by Gasteiger charge is -2.06. The quantitative estimate of drug-likeness (QED) is 0.838. The molecule has 0 spiro atoms. The van der Waals surface area contributed by atoms with Gasteiger partial charge in [0, 0.05) is 5.56 Å². The highest BCUT2D eigenvalue weighted by atomic mass is 16.5. The van der Waals surface area contributed by atoms with Crippen LogP contribution >= 0.6 is 0 Å². The highest BCUT2D eigenvalue weighted by Crippen LogP contribution is 2.17. The number of phenols is 1. The van der Waals surface area contributed by atoms with E-state index in [-0.39, 0.29) is 18.1 Å². The van der Waals surface area contributed by atoms with Gasteiger partial charge in [-0.3, -0.25) is 4.79 Å². The number of Topliss-reactive ketones (excluding diaryl/α,β-unsaturated/α-hetero) is 1. The van der Waals surface area contributed by atoms with Crippen molar-refractivity contribution in [2.75, 3.05) is 13.7 Å². The Balaban J connectivity index is 1.94. The average molecular weight is 258 g/mol. The SMILES string of the molecule is COc1ccc(OCC(=O)c2ccc(O)cc2)cc1. The minimum Gasteiger partial charge on any atom is -0.508 e. The third-order valence-corrected chi connectivity index (χ3v) is 2.62. The molecule has 0 aliphatic heterocycles. The Morgan fingerprint density at radius 2 is 1.58 bits per heavy atom.